The van der Waals surface area contributed by atoms with E-state index in [-0.39, 0.29) is 6.04 Å². The quantitative estimate of drug-likeness (QED) is 0.871. The zero-order chi connectivity index (χ0) is 12.1. The first kappa shape index (κ1) is 13.1. The van der Waals surface area contributed by atoms with Crippen molar-refractivity contribution in [3.63, 3.8) is 0 Å². The molecule has 1 aromatic rings. The van der Waals surface area contributed by atoms with Crippen LogP contribution in [-0.2, 0) is 6.42 Å². The van der Waals surface area contributed by atoms with Crippen LogP contribution in [0.25, 0.3) is 0 Å². The Morgan fingerprint density at radius 2 is 2.19 bits per heavy atom. The summed E-state index contributed by atoms with van der Waals surface area (Å²) in [4.78, 5) is 10.4. The van der Waals surface area contributed by atoms with E-state index >= 15 is 0 Å². The van der Waals surface area contributed by atoms with Gasteiger partial charge in [-0.2, -0.15) is 0 Å². The molecule has 0 saturated carbocycles. The molecule has 0 aliphatic heterocycles. The average Bonchev–Trinajstić information content (AvgIpc) is 2.15. The number of benzene rings is 1. The Hall–Kier alpha value is -0.930. The van der Waals surface area contributed by atoms with Crippen LogP contribution in [0.2, 0.25) is 10.0 Å². The highest BCUT2D eigenvalue weighted by molar-refractivity contribution is 6.35. The largest absolute Gasteiger partial charge is 0.465 e. The first-order chi connectivity index (χ1) is 7.49. The van der Waals surface area contributed by atoms with Gasteiger partial charge in [0.1, 0.15) is 0 Å². The average molecular weight is 262 g/mol. The molecule has 1 aromatic carbocycles. The molecule has 0 aliphatic carbocycles. The van der Waals surface area contributed by atoms with E-state index in [9.17, 15) is 4.79 Å². The number of nitrogens with one attached hydrogen (secondary N) is 1. The fourth-order valence-corrected chi connectivity index (χ4v) is 1.88. The summed E-state index contributed by atoms with van der Waals surface area (Å²) in [5, 5.41) is 12.1. The lowest BCUT2D eigenvalue weighted by molar-refractivity contribution is 0.190. The van der Waals surface area contributed by atoms with E-state index in [1.165, 1.54) is 0 Å². The van der Waals surface area contributed by atoms with Gasteiger partial charge in [0.2, 0.25) is 0 Å². The van der Waals surface area contributed by atoms with Crippen LogP contribution in [0.5, 0.6) is 0 Å². The second kappa shape index (κ2) is 5.97. The van der Waals surface area contributed by atoms with Crippen LogP contribution in [0, 0.1) is 0 Å². The van der Waals surface area contributed by atoms with E-state index in [0.29, 0.717) is 16.5 Å². The third kappa shape index (κ3) is 4.29. The minimum absolute atomic E-state index is 0.0933. The van der Waals surface area contributed by atoms with Gasteiger partial charge >= 0.3 is 6.09 Å². The van der Waals surface area contributed by atoms with Crippen molar-refractivity contribution in [2.45, 2.75) is 25.8 Å². The Kier molecular flexibility index (Phi) is 4.90. The van der Waals surface area contributed by atoms with Crippen LogP contribution in [0.1, 0.15) is 18.9 Å². The molecule has 0 aromatic heterocycles. The van der Waals surface area contributed by atoms with Gasteiger partial charge < -0.3 is 10.4 Å². The zero-order valence-electron chi connectivity index (χ0n) is 8.84. The maximum atomic E-state index is 10.4. The predicted molar refractivity (Wildman–Crippen MR) is 65.4 cm³/mol. The molecule has 0 spiro atoms. The Bertz CT molecular complexity index is 382. The van der Waals surface area contributed by atoms with Crippen molar-refractivity contribution < 1.29 is 9.90 Å². The molecular formula is C11H13Cl2NO2. The van der Waals surface area contributed by atoms with Gasteiger partial charge in [0, 0.05) is 16.1 Å². The van der Waals surface area contributed by atoms with Crippen molar-refractivity contribution in [3.8, 4) is 0 Å². The van der Waals surface area contributed by atoms with Gasteiger partial charge in [-0.25, -0.2) is 4.79 Å². The first-order valence-corrected chi connectivity index (χ1v) is 5.68. The van der Waals surface area contributed by atoms with E-state index in [4.69, 9.17) is 28.3 Å². The monoisotopic (exact) mass is 261 g/mol. The summed E-state index contributed by atoms with van der Waals surface area (Å²) in [6, 6.07) is 5.23. The van der Waals surface area contributed by atoms with Gasteiger partial charge in [0.05, 0.1) is 0 Å². The van der Waals surface area contributed by atoms with Crippen LogP contribution in [0.4, 0.5) is 4.79 Å². The Balaban J connectivity index is 2.51. The second-order valence-electron chi connectivity index (χ2n) is 3.62. The lowest BCUT2D eigenvalue weighted by Crippen LogP contribution is -2.31. The van der Waals surface area contributed by atoms with Crippen LogP contribution in [-0.4, -0.2) is 17.2 Å². The minimum atomic E-state index is -1.00. The van der Waals surface area contributed by atoms with Gasteiger partial charge in [-0.05, 0) is 37.5 Å². The summed E-state index contributed by atoms with van der Waals surface area (Å²) in [6.07, 6.45) is 0.417. The summed E-state index contributed by atoms with van der Waals surface area (Å²) in [6.45, 7) is 1.82. The molecule has 0 bridgehead atoms. The zero-order valence-corrected chi connectivity index (χ0v) is 10.3. The molecular weight excluding hydrogens is 249 g/mol. The third-order valence-corrected chi connectivity index (χ3v) is 2.82. The molecule has 5 heteroatoms. The Morgan fingerprint density at radius 3 is 2.75 bits per heavy atom. The number of hydrogen-bond acceptors (Lipinski definition) is 1. The summed E-state index contributed by atoms with van der Waals surface area (Å²) in [7, 11) is 0. The summed E-state index contributed by atoms with van der Waals surface area (Å²) in [5.74, 6) is 0. The number of rotatable bonds is 4. The number of hydrogen-bond donors (Lipinski definition) is 2. The normalized spacial score (nSPS) is 12.2. The number of amides is 1. The van der Waals surface area contributed by atoms with Gasteiger partial charge in [-0.3, -0.25) is 0 Å². The summed E-state index contributed by atoms with van der Waals surface area (Å²) in [5.41, 5.74) is 0.977. The van der Waals surface area contributed by atoms with E-state index in [1.54, 1.807) is 12.1 Å². The molecule has 0 aliphatic rings. The van der Waals surface area contributed by atoms with Crippen LogP contribution in [0.3, 0.4) is 0 Å². The molecule has 0 heterocycles. The highest BCUT2D eigenvalue weighted by Gasteiger charge is 2.07. The van der Waals surface area contributed by atoms with Crippen molar-refractivity contribution in [1.82, 2.24) is 5.32 Å². The molecule has 88 valence electrons. The van der Waals surface area contributed by atoms with E-state index < -0.39 is 6.09 Å². The molecule has 3 nitrogen and oxygen atoms in total. The maximum absolute atomic E-state index is 10.4. The van der Waals surface area contributed by atoms with Crippen LogP contribution >= 0.6 is 23.2 Å². The topological polar surface area (TPSA) is 49.3 Å². The lowest BCUT2D eigenvalue weighted by Gasteiger charge is -2.11. The van der Waals surface area contributed by atoms with Gasteiger partial charge in [-0.15, -0.1) is 0 Å². The number of halogens is 2. The molecule has 1 rings (SSSR count). The molecule has 1 unspecified atom stereocenters. The second-order valence-corrected chi connectivity index (χ2v) is 4.47. The fraction of sp³-hybridized carbons (Fsp3) is 0.364. The molecule has 2 N–H and O–H groups in total. The van der Waals surface area contributed by atoms with Crippen molar-refractivity contribution in [1.29, 1.82) is 0 Å². The molecule has 1 amide bonds. The number of carbonyl (C=O) groups is 1. The Morgan fingerprint density at radius 1 is 1.50 bits per heavy atom. The maximum Gasteiger partial charge on any atom is 0.404 e. The van der Waals surface area contributed by atoms with Gasteiger partial charge in [0.25, 0.3) is 0 Å². The highest BCUT2D eigenvalue weighted by Crippen LogP contribution is 2.22. The molecule has 0 radical (unpaired) electrons. The van der Waals surface area contributed by atoms with Crippen molar-refractivity contribution in [2.75, 3.05) is 0 Å². The molecule has 0 saturated heterocycles. The first-order valence-electron chi connectivity index (χ1n) is 4.92. The molecule has 0 fully saturated rings. The standard InChI is InChI=1S/C11H13Cl2NO2/c1-7(14-11(15)16)2-3-8-4-5-9(12)6-10(8)13/h4-7,14H,2-3H2,1H3,(H,15,16). The molecule has 1 atom stereocenters. The third-order valence-electron chi connectivity index (χ3n) is 2.23. The number of carboxylic acid groups (broad SMARTS) is 1. The SMILES string of the molecule is CC(CCc1ccc(Cl)cc1Cl)NC(=O)O. The predicted octanol–water partition coefficient (Wildman–Crippen LogP) is 3.58. The molecule has 16 heavy (non-hydrogen) atoms. The van der Waals surface area contributed by atoms with Crippen LogP contribution in [0.15, 0.2) is 18.2 Å². The van der Waals surface area contributed by atoms with Crippen molar-refractivity contribution >= 4 is 29.3 Å². The van der Waals surface area contributed by atoms with Crippen molar-refractivity contribution in [2.24, 2.45) is 0 Å². The van der Waals surface area contributed by atoms with E-state index in [1.807, 2.05) is 13.0 Å². The van der Waals surface area contributed by atoms with Crippen LogP contribution < -0.4 is 5.32 Å². The smallest absolute Gasteiger partial charge is 0.404 e. The highest BCUT2D eigenvalue weighted by atomic mass is 35.5. The Labute approximate surface area is 104 Å². The van der Waals surface area contributed by atoms with Crippen molar-refractivity contribution in [3.05, 3.63) is 33.8 Å². The number of aryl methyl sites for hydroxylation is 1. The van der Waals surface area contributed by atoms with Gasteiger partial charge in [-0.1, -0.05) is 29.3 Å². The fourth-order valence-electron chi connectivity index (χ4n) is 1.38. The van der Waals surface area contributed by atoms with Gasteiger partial charge in [0.15, 0.2) is 0 Å². The minimum Gasteiger partial charge on any atom is -0.465 e. The summed E-state index contributed by atoms with van der Waals surface area (Å²) < 4.78 is 0. The van der Waals surface area contributed by atoms with E-state index in [2.05, 4.69) is 5.32 Å². The summed E-state index contributed by atoms with van der Waals surface area (Å²) >= 11 is 11.8. The van der Waals surface area contributed by atoms with E-state index in [0.717, 1.165) is 12.0 Å². The lowest BCUT2D eigenvalue weighted by atomic mass is 10.1.